The molecule has 0 aliphatic rings. The van der Waals surface area contributed by atoms with Gasteiger partial charge in [0, 0.05) is 11.0 Å². The van der Waals surface area contributed by atoms with Crippen LogP contribution in [0.25, 0.3) is 11.5 Å². The summed E-state index contributed by atoms with van der Waals surface area (Å²) < 4.78 is 10.6. The third kappa shape index (κ3) is 4.78. The number of rotatable bonds is 5. The highest BCUT2D eigenvalue weighted by Crippen LogP contribution is 2.24. The lowest BCUT2D eigenvalue weighted by atomic mass is 9.95. The van der Waals surface area contributed by atoms with Gasteiger partial charge < -0.3 is 14.5 Å². The molecule has 8 nitrogen and oxygen atoms in total. The van der Waals surface area contributed by atoms with Gasteiger partial charge in [-0.3, -0.25) is 14.9 Å². The Morgan fingerprint density at radius 3 is 2.31 bits per heavy atom. The van der Waals surface area contributed by atoms with Crippen LogP contribution in [0.5, 0.6) is 5.75 Å². The molecule has 0 atom stereocenters. The average molecular weight is 394 g/mol. The van der Waals surface area contributed by atoms with E-state index in [1.54, 1.807) is 76.4 Å². The van der Waals surface area contributed by atoms with Gasteiger partial charge in [-0.2, -0.15) is 0 Å². The van der Waals surface area contributed by atoms with Crippen molar-refractivity contribution in [2.45, 2.75) is 20.8 Å². The molecule has 0 radical (unpaired) electrons. The van der Waals surface area contributed by atoms with Crippen LogP contribution in [0.3, 0.4) is 0 Å². The standard InChI is InChI=1S/C21H22N4O4/c1-21(2,3)19(27)22-16-8-6-5-7-15(16)17(26)23-20-25-24-18(29-20)13-9-11-14(28-4)12-10-13/h5-12H,1-4H3,(H,22,27)(H,23,25,26). The van der Waals surface area contributed by atoms with Crippen LogP contribution in [-0.4, -0.2) is 29.1 Å². The molecule has 8 heteroatoms. The van der Waals surface area contributed by atoms with Gasteiger partial charge in [0.1, 0.15) is 5.75 Å². The smallest absolute Gasteiger partial charge is 0.322 e. The van der Waals surface area contributed by atoms with Crippen molar-refractivity contribution < 1.29 is 18.7 Å². The number of ether oxygens (including phenoxy) is 1. The number of carbonyl (C=O) groups excluding carboxylic acids is 2. The average Bonchev–Trinajstić information content (AvgIpc) is 3.16. The van der Waals surface area contributed by atoms with E-state index < -0.39 is 11.3 Å². The first-order valence-electron chi connectivity index (χ1n) is 8.97. The second-order valence-corrected chi connectivity index (χ2v) is 7.34. The van der Waals surface area contributed by atoms with Gasteiger partial charge >= 0.3 is 6.01 Å². The largest absolute Gasteiger partial charge is 0.497 e. The second-order valence-electron chi connectivity index (χ2n) is 7.34. The molecule has 29 heavy (non-hydrogen) atoms. The van der Waals surface area contributed by atoms with Gasteiger partial charge in [-0.15, -0.1) is 5.10 Å². The summed E-state index contributed by atoms with van der Waals surface area (Å²) in [4.78, 5) is 25.0. The van der Waals surface area contributed by atoms with E-state index in [1.165, 1.54) is 0 Å². The van der Waals surface area contributed by atoms with E-state index in [1.807, 2.05) is 0 Å². The van der Waals surface area contributed by atoms with Crippen LogP contribution in [0.2, 0.25) is 0 Å². The number of hydrogen-bond donors (Lipinski definition) is 2. The summed E-state index contributed by atoms with van der Waals surface area (Å²) in [5.41, 5.74) is 0.786. The SMILES string of the molecule is COc1ccc(-c2nnc(NC(=O)c3ccccc3NC(=O)C(C)(C)C)o2)cc1. The lowest BCUT2D eigenvalue weighted by Gasteiger charge is -2.19. The molecule has 1 aromatic heterocycles. The van der Waals surface area contributed by atoms with Crippen LogP contribution in [0.15, 0.2) is 52.9 Å². The van der Waals surface area contributed by atoms with Crippen LogP contribution < -0.4 is 15.4 Å². The van der Waals surface area contributed by atoms with E-state index in [-0.39, 0.29) is 23.4 Å². The first kappa shape index (κ1) is 20.1. The Morgan fingerprint density at radius 2 is 1.66 bits per heavy atom. The van der Waals surface area contributed by atoms with E-state index in [9.17, 15) is 9.59 Å². The fourth-order valence-corrected chi connectivity index (χ4v) is 2.39. The molecular formula is C21H22N4O4. The number of methoxy groups -OCH3 is 1. The molecule has 2 N–H and O–H groups in total. The van der Waals surface area contributed by atoms with Gasteiger partial charge in [-0.05, 0) is 36.4 Å². The zero-order chi connectivity index (χ0) is 21.0. The Morgan fingerprint density at radius 1 is 0.966 bits per heavy atom. The highest BCUT2D eigenvalue weighted by molar-refractivity contribution is 6.09. The first-order chi connectivity index (χ1) is 13.8. The lowest BCUT2D eigenvalue weighted by Crippen LogP contribution is -2.28. The van der Waals surface area contributed by atoms with Crippen LogP contribution in [0.1, 0.15) is 31.1 Å². The highest BCUT2D eigenvalue weighted by atomic mass is 16.5. The minimum Gasteiger partial charge on any atom is -0.497 e. The molecule has 2 amide bonds. The summed E-state index contributed by atoms with van der Waals surface area (Å²) in [5.74, 6) is 0.296. The molecule has 0 saturated carbocycles. The summed E-state index contributed by atoms with van der Waals surface area (Å²) in [6, 6.07) is 13.8. The number of nitrogens with one attached hydrogen (secondary N) is 2. The fraction of sp³-hybridized carbons (Fsp3) is 0.238. The first-order valence-corrected chi connectivity index (χ1v) is 8.97. The fourth-order valence-electron chi connectivity index (χ4n) is 2.39. The molecule has 0 fully saturated rings. The van der Waals surface area contributed by atoms with Crippen molar-refractivity contribution >= 4 is 23.5 Å². The molecule has 3 aromatic rings. The van der Waals surface area contributed by atoms with Gasteiger partial charge in [-0.1, -0.05) is 38.0 Å². The summed E-state index contributed by atoms with van der Waals surface area (Å²) >= 11 is 0. The Hall–Kier alpha value is -3.68. The molecule has 2 aromatic carbocycles. The minimum absolute atomic E-state index is 0.0437. The summed E-state index contributed by atoms with van der Waals surface area (Å²) in [7, 11) is 1.58. The zero-order valence-corrected chi connectivity index (χ0v) is 16.6. The Labute approximate surface area is 168 Å². The van der Waals surface area contributed by atoms with E-state index >= 15 is 0 Å². The van der Waals surface area contributed by atoms with Crippen molar-refractivity contribution in [2.24, 2.45) is 5.41 Å². The van der Waals surface area contributed by atoms with Crippen molar-refractivity contribution in [1.29, 1.82) is 0 Å². The van der Waals surface area contributed by atoms with E-state index in [4.69, 9.17) is 9.15 Å². The number of anilines is 2. The number of amides is 2. The van der Waals surface area contributed by atoms with Gasteiger partial charge in [0.15, 0.2) is 0 Å². The molecule has 0 aliphatic carbocycles. The number of para-hydroxylation sites is 1. The summed E-state index contributed by atoms with van der Waals surface area (Å²) in [6.07, 6.45) is 0. The zero-order valence-electron chi connectivity index (χ0n) is 16.6. The molecular weight excluding hydrogens is 372 g/mol. The number of carbonyl (C=O) groups is 2. The molecule has 0 unspecified atom stereocenters. The molecule has 3 rings (SSSR count). The van der Waals surface area contributed by atoms with Gasteiger partial charge in [0.25, 0.3) is 5.91 Å². The number of nitrogens with zero attached hydrogens (tertiary/aromatic N) is 2. The van der Waals surface area contributed by atoms with E-state index in [0.717, 1.165) is 0 Å². The molecule has 0 aliphatic heterocycles. The third-order valence-corrected chi connectivity index (χ3v) is 4.08. The van der Waals surface area contributed by atoms with Crippen LogP contribution in [0, 0.1) is 5.41 Å². The maximum Gasteiger partial charge on any atom is 0.322 e. The third-order valence-electron chi connectivity index (χ3n) is 4.08. The van der Waals surface area contributed by atoms with Crippen LogP contribution >= 0.6 is 0 Å². The second kappa shape index (κ2) is 8.14. The molecule has 1 heterocycles. The lowest BCUT2D eigenvalue weighted by molar-refractivity contribution is -0.123. The van der Waals surface area contributed by atoms with E-state index in [2.05, 4.69) is 20.8 Å². The normalized spacial score (nSPS) is 11.0. The van der Waals surface area contributed by atoms with Crippen molar-refractivity contribution in [3.8, 4) is 17.2 Å². The van der Waals surface area contributed by atoms with Crippen LogP contribution in [0.4, 0.5) is 11.7 Å². The predicted octanol–water partition coefficient (Wildman–Crippen LogP) is 3.98. The summed E-state index contributed by atoms with van der Waals surface area (Å²) in [6.45, 7) is 5.39. The number of hydrogen-bond acceptors (Lipinski definition) is 6. The van der Waals surface area contributed by atoms with Gasteiger partial charge in [0.2, 0.25) is 11.8 Å². The number of aromatic nitrogens is 2. The Bertz CT molecular complexity index is 1020. The van der Waals surface area contributed by atoms with Gasteiger partial charge in [0.05, 0.1) is 18.4 Å². The topological polar surface area (TPSA) is 106 Å². The van der Waals surface area contributed by atoms with Crippen LogP contribution in [-0.2, 0) is 4.79 Å². The van der Waals surface area contributed by atoms with Crippen molar-refractivity contribution in [2.75, 3.05) is 17.7 Å². The Balaban J connectivity index is 1.76. The van der Waals surface area contributed by atoms with Crippen molar-refractivity contribution in [3.63, 3.8) is 0 Å². The van der Waals surface area contributed by atoms with Gasteiger partial charge in [-0.25, -0.2) is 0 Å². The van der Waals surface area contributed by atoms with Crippen molar-refractivity contribution in [1.82, 2.24) is 10.2 Å². The van der Waals surface area contributed by atoms with E-state index in [0.29, 0.717) is 17.0 Å². The molecule has 150 valence electrons. The monoisotopic (exact) mass is 394 g/mol. The number of benzene rings is 2. The predicted molar refractivity (Wildman–Crippen MR) is 109 cm³/mol. The molecule has 0 saturated heterocycles. The molecule has 0 bridgehead atoms. The summed E-state index contributed by atoms with van der Waals surface area (Å²) in [5, 5.41) is 13.2. The minimum atomic E-state index is -0.594. The maximum absolute atomic E-state index is 12.7. The highest BCUT2D eigenvalue weighted by Gasteiger charge is 2.23. The Kier molecular flexibility index (Phi) is 5.63. The molecule has 0 spiro atoms. The quantitative estimate of drug-likeness (QED) is 0.678. The maximum atomic E-state index is 12.7. The van der Waals surface area contributed by atoms with Crippen molar-refractivity contribution in [3.05, 3.63) is 54.1 Å².